The Morgan fingerprint density at radius 1 is 1.00 bits per heavy atom. The van der Waals surface area contributed by atoms with Crippen LogP contribution in [0, 0.1) is 0 Å². The number of amides is 2. The molecule has 0 aromatic carbocycles. The molecule has 0 radical (unpaired) electrons. The van der Waals surface area contributed by atoms with Gasteiger partial charge in [-0.05, 0) is 26.2 Å². The second-order valence-electron chi connectivity index (χ2n) is 5.63. The predicted molar refractivity (Wildman–Crippen MR) is 91.9 cm³/mol. The van der Waals surface area contributed by atoms with Crippen LogP contribution in [0.4, 0.5) is 0 Å². The van der Waals surface area contributed by atoms with Gasteiger partial charge in [0, 0.05) is 13.0 Å². The van der Waals surface area contributed by atoms with Crippen molar-refractivity contribution in [2.75, 3.05) is 6.54 Å². The highest BCUT2D eigenvalue weighted by Gasteiger charge is 2.27. The van der Waals surface area contributed by atoms with Crippen LogP contribution >= 0.6 is 0 Å². The molecule has 3 atom stereocenters. The number of nitrogens with one attached hydrogen (secondary N) is 2. The monoisotopic (exact) mass is 374 g/mol. The minimum Gasteiger partial charge on any atom is -0.481 e. The van der Waals surface area contributed by atoms with Crippen molar-refractivity contribution < 1.29 is 29.4 Å². The Labute approximate surface area is 150 Å². The highest BCUT2D eigenvalue weighted by atomic mass is 16.4. The Bertz CT molecular complexity index is 546. The number of carbonyl (C=O) groups excluding carboxylic acids is 2. The molecule has 0 heterocycles. The average molecular weight is 374 g/mol. The molecule has 0 aliphatic carbocycles. The van der Waals surface area contributed by atoms with E-state index >= 15 is 0 Å². The topological polar surface area (TPSA) is 223 Å². The van der Waals surface area contributed by atoms with E-state index in [4.69, 9.17) is 22.3 Å². The molecule has 0 bridgehead atoms. The highest BCUT2D eigenvalue weighted by Crippen LogP contribution is 2.03. The zero-order valence-corrected chi connectivity index (χ0v) is 14.5. The van der Waals surface area contributed by atoms with Gasteiger partial charge in [0.2, 0.25) is 11.8 Å². The van der Waals surface area contributed by atoms with E-state index in [1.807, 2.05) is 0 Å². The number of carboxylic acids is 2. The van der Waals surface area contributed by atoms with E-state index in [1.165, 1.54) is 6.92 Å². The fourth-order valence-corrected chi connectivity index (χ4v) is 1.87. The van der Waals surface area contributed by atoms with Crippen LogP contribution in [-0.2, 0) is 19.2 Å². The van der Waals surface area contributed by atoms with E-state index in [0.717, 1.165) is 0 Å². The van der Waals surface area contributed by atoms with Gasteiger partial charge in [-0.1, -0.05) is 0 Å². The summed E-state index contributed by atoms with van der Waals surface area (Å²) in [4.78, 5) is 49.7. The smallest absolute Gasteiger partial charge is 0.326 e. The van der Waals surface area contributed by atoms with Crippen LogP contribution in [0.3, 0.4) is 0 Å². The first-order chi connectivity index (χ1) is 12.0. The molecule has 0 aliphatic heterocycles. The van der Waals surface area contributed by atoms with E-state index < -0.39 is 41.9 Å². The first-order valence-electron chi connectivity index (χ1n) is 7.91. The minimum atomic E-state index is -1.28. The largest absolute Gasteiger partial charge is 0.481 e. The van der Waals surface area contributed by atoms with E-state index in [0.29, 0.717) is 6.42 Å². The Kier molecular flexibility index (Phi) is 10.3. The molecule has 0 fully saturated rings. The number of nitrogens with zero attached hydrogens (tertiary/aromatic N) is 1. The van der Waals surface area contributed by atoms with Crippen LogP contribution < -0.4 is 27.8 Å². The molecule has 0 rings (SSSR count). The van der Waals surface area contributed by atoms with Crippen molar-refractivity contribution in [2.24, 2.45) is 22.2 Å². The number of hydrogen-bond acceptors (Lipinski definition) is 6. The maximum atomic E-state index is 12.3. The van der Waals surface area contributed by atoms with Gasteiger partial charge in [-0.2, -0.15) is 0 Å². The maximum absolute atomic E-state index is 12.3. The van der Waals surface area contributed by atoms with Crippen molar-refractivity contribution >= 4 is 29.7 Å². The maximum Gasteiger partial charge on any atom is 0.326 e. The lowest BCUT2D eigenvalue weighted by atomic mass is 10.1. The summed E-state index contributed by atoms with van der Waals surface area (Å²) in [6.45, 7) is 1.58. The number of carboxylic acid groups (broad SMARTS) is 2. The summed E-state index contributed by atoms with van der Waals surface area (Å²) < 4.78 is 0. The summed E-state index contributed by atoms with van der Waals surface area (Å²) in [7, 11) is 0. The zero-order valence-electron chi connectivity index (χ0n) is 14.5. The molecule has 0 spiro atoms. The number of carbonyl (C=O) groups is 4. The molecule has 148 valence electrons. The standard InChI is InChI=1S/C14H26N6O6/c1-7(15)11(23)19-8(4-5-10(21)22)12(24)20-9(13(25)26)3-2-6-18-14(16)17/h7-9H,2-6,15H2,1H3,(H,19,23)(H,20,24)(H,21,22)(H,25,26)(H4,16,17,18). The lowest BCUT2D eigenvalue weighted by molar-refractivity contribution is -0.143. The van der Waals surface area contributed by atoms with E-state index in [9.17, 15) is 24.3 Å². The Balaban J connectivity index is 4.90. The molecular weight excluding hydrogens is 348 g/mol. The second-order valence-corrected chi connectivity index (χ2v) is 5.63. The lowest BCUT2D eigenvalue weighted by Crippen LogP contribution is -2.54. The van der Waals surface area contributed by atoms with Gasteiger partial charge in [0.1, 0.15) is 12.1 Å². The summed E-state index contributed by atoms with van der Waals surface area (Å²) in [5, 5.41) is 22.5. The highest BCUT2D eigenvalue weighted by molar-refractivity contribution is 5.91. The molecule has 0 aromatic heterocycles. The van der Waals surface area contributed by atoms with Crippen molar-refractivity contribution in [1.29, 1.82) is 0 Å². The molecule has 12 nitrogen and oxygen atoms in total. The molecular formula is C14H26N6O6. The van der Waals surface area contributed by atoms with Gasteiger partial charge in [0.05, 0.1) is 6.04 Å². The molecule has 26 heavy (non-hydrogen) atoms. The van der Waals surface area contributed by atoms with Crippen molar-refractivity contribution in [3.63, 3.8) is 0 Å². The number of hydrogen-bond donors (Lipinski definition) is 7. The normalized spacial score (nSPS) is 13.8. The third kappa shape index (κ3) is 10.1. The van der Waals surface area contributed by atoms with E-state index in [1.54, 1.807) is 0 Å². The Hall–Kier alpha value is -2.89. The van der Waals surface area contributed by atoms with Crippen LogP contribution in [0.5, 0.6) is 0 Å². The fraction of sp³-hybridized carbons (Fsp3) is 0.643. The first kappa shape index (κ1) is 23.1. The van der Waals surface area contributed by atoms with Crippen LogP contribution in [-0.4, -0.2) is 64.6 Å². The van der Waals surface area contributed by atoms with E-state index in [-0.39, 0.29) is 31.8 Å². The molecule has 0 saturated carbocycles. The number of guanidine groups is 1. The summed E-state index contributed by atoms with van der Waals surface area (Å²) in [6.07, 6.45) is -0.259. The van der Waals surface area contributed by atoms with Gasteiger partial charge in [-0.25, -0.2) is 4.79 Å². The number of aliphatic imine (C=N–C) groups is 1. The molecule has 10 N–H and O–H groups in total. The molecule has 3 unspecified atom stereocenters. The average Bonchev–Trinajstić information content (AvgIpc) is 2.52. The van der Waals surface area contributed by atoms with Gasteiger partial charge in [-0.3, -0.25) is 19.4 Å². The third-order valence-corrected chi connectivity index (χ3v) is 3.25. The van der Waals surface area contributed by atoms with Gasteiger partial charge in [-0.15, -0.1) is 0 Å². The quantitative estimate of drug-likeness (QED) is 0.107. The second kappa shape index (κ2) is 11.6. The van der Waals surface area contributed by atoms with Crippen molar-refractivity contribution in [3.05, 3.63) is 0 Å². The van der Waals surface area contributed by atoms with Gasteiger partial charge in [0.25, 0.3) is 0 Å². The Morgan fingerprint density at radius 2 is 1.58 bits per heavy atom. The molecule has 12 heteroatoms. The first-order valence-corrected chi connectivity index (χ1v) is 7.91. The molecule has 0 aromatic rings. The van der Waals surface area contributed by atoms with Gasteiger partial charge >= 0.3 is 11.9 Å². The molecule has 2 amide bonds. The van der Waals surface area contributed by atoms with Gasteiger partial charge < -0.3 is 38.0 Å². The Morgan fingerprint density at radius 3 is 2.04 bits per heavy atom. The summed E-state index contributed by atoms with van der Waals surface area (Å²) >= 11 is 0. The minimum absolute atomic E-state index is 0.0464. The molecule has 0 aliphatic rings. The zero-order chi connectivity index (χ0) is 20.3. The van der Waals surface area contributed by atoms with Gasteiger partial charge in [0.15, 0.2) is 5.96 Å². The fourth-order valence-electron chi connectivity index (χ4n) is 1.87. The number of nitrogens with two attached hydrogens (primary N) is 3. The summed E-state index contributed by atoms with van der Waals surface area (Å²) in [5.41, 5.74) is 15.7. The van der Waals surface area contributed by atoms with Crippen molar-refractivity contribution in [2.45, 2.75) is 50.7 Å². The van der Waals surface area contributed by atoms with Crippen LogP contribution in [0.1, 0.15) is 32.6 Å². The summed E-state index contributed by atoms with van der Waals surface area (Å²) in [5.74, 6) is -4.04. The van der Waals surface area contributed by atoms with E-state index in [2.05, 4.69) is 15.6 Å². The van der Waals surface area contributed by atoms with Crippen molar-refractivity contribution in [3.8, 4) is 0 Å². The van der Waals surface area contributed by atoms with Crippen LogP contribution in [0.25, 0.3) is 0 Å². The molecule has 0 saturated heterocycles. The van der Waals surface area contributed by atoms with Crippen LogP contribution in [0.15, 0.2) is 4.99 Å². The number of aliphatic carboxylic acids is 2. The third-order valence-electron chi connectivity index (χ3n) is 3.25. The number of rotatable bonds is 12. The predicted octanol–water partition coefficient (Wildman–Crippen LogP) is -2.69. The SMILES string of the molecule is CC(N)C(=O)NC(CCC(=O)O)C(=O)NC(CCCN=C(N)N)C(=O)O. The van der Waals surface area contributed by atoms with Crippen LogP contribution in [0.2, 0.25) is 0 Å². The lowest BCUT2D eigenvalue weighted by Gasteiger charge is -2.21. The van der Waals surface area contributed by atoms with Crippen molar-refractivity contribution in [1.82, 2.24) is 10.6 Å². The summed E-state index contributed by atoms with van der Waals surface area (Å²) in [6, 6.07) is -3.37.